The van der Waals surface area contributed by atoms with Crippen LogP contribution in [0.2, 0.25) is 0 Å². The van der Waals surface area contributed by atoms with Gasteiger partial charge in [0.25, 0.3) is 11.5 Å². The third-order valence-electron chi connectivity index (χ3n) is 6.14. The van der Waals surface area contributed by atoms with Crippen LogP contribution in [0.15, 0.2) is 46.8 Å². The smallest absolute Gasteiger partial charge is 0.254 e. The van der Waals surface area contributed by atoms with E-state index in [0.29, 0.717) is 30.9 Å². The number of pyridine rings is 1. The number of aromatic nitrogens is 3. The van der Waals surface area contributed by atoms with Crippen LogP contribution in [0.1, 0.15) is 57.6 Å². The maximum absolute atomic E-state index is 13.2. The van der Waals surface area contributed by atoms with Gasteiger partial charge in [0.05, 0.1) is 11.7 Å². The lowest BCUT2D eigenvalue weighted by Crippen LogP contribution is -2.41. The van der Waals surface area contributed by atoms with Gasteiger partial charge in [-0.05, 0) is 49.3 Å². The highest BCUT2D eigenvalue weighted by Gasteiger charge is 2.32. The van der Waals surface area contributed by atoms with Crippen LogP contribution in [-0.4, -0.2) is 43.7 Å². The van der Waals surface area contributed by atoms with E-state index in [4.69, 9.17) is 4.98 Å². The summed E-state index contributed by atoms with van der Waals surface area (Å²) in [5.74, 6) is 0.579. The van der Waals surface area contributed by atoms with Gasteiger partial charge in [-0.1, -0.05) is 6.07 Å². The Hall–Kier alpha value is -2.84. The van der Waals surface area contributed by atoms with Gasteiger partial charge in [0, 0.05) is 54.6 Å². The number of carbonyl (C=O) groups is 1. The molecule has 160 valence electrons. The molecule has 5 rings (SSSR count). The van der Waals surface area contributed by atoms with Crippen molar-refractivity contribution in [2.75, 3.05) is 13.1 Å². The van der Waals surface area contributed by atoms with Gasteiger partial charge in [-0.15, -0.1) is 11.3 Å². The third kappa shape index (κ3) is 4.18. The second-order valence-corrected chi connectivity index (χ2v) is 9.19. The van der Waals surface area contributed by atoms with E-state index in [1.807, 2.05) is 4.90 Å². The monoisotopic (exact) mass is 435 g/mol. The number of carbonyl (C=O) groups excluding carboxylic acids is 1. The SMILES string of the molecule is O=C(c1ccncc1)N1CCCC[C@@H]1c1nc2c(c(=O)[nH]1)CCN(Cc1cccs1)C2. The Morgan fingerprint density at radius 3 is 2.87 bits per heavy atom. The van der Waals surface area contributed by atoms with Gasteiger partial charge >= 0.3 is 0 Å². The summed E-state index contributed by atoms with van der Waals surface area (Å²) >= 11 is 1.75. The maximum Gasteiger partial charge on any atom is 0.254 e. The molecular formula is C23H25N5O2S. The van der Waals surface area contributed by atoms with E-state index in [1.54, 1.807) is 35.9 Å². The Bertz CT molecular complexity index is 1110. The zero-order valence-electron chi connectivity index (χ0n) is 17.3. The minimum absolute atomic E-state index is 0.0354. The first-order chi connectivity index (χ1) is 15.2. The van der Waals surface area contributed by atoms with Gasteiger partial charge in [0.2, 0.25) is 0 Å². The van der Waals surface area contributed by atoms with Crippen LogP contribution in [0.25, 0.3) is 0 Å². The van der Waals surface area contributed by atoms with Crippen molar-refractivity contribution in [1.29, 1.82) is 0 Å². The summed E-state index contributed by atoms with van der Waals surface area (Å²) in [7, 11) is 0. The van der Waals surface area contributed by atoms with Crippen LogP contribution < -0.4 is 5.56 Å². The highest BCUT2D eigenvalue weighted by molar-refractivity contribution is 7.09. The normalized spacial score (nSPS) is 19.2. The molecule has 31 heavy (non-hydrogen) atoms. The van der Waals surface area contributed by atoms with Gasteiger partial charge in [0.1, 0.15) is 5.82 Å². The summed E-state index contributed by atoms with van der Waals surface area (Å²) in [6, 6.07) is 7.47. The van der Waals surface area contributed by atoms with Gasteiger partial charge < -0.3 is 9.88 Å². The lowest BCUT2D eigenvalue weighted by atomic mass is 9.99. The third-order valence-corrected chi connectivity index (χ3v) is 7.00. The number of nitrogens with zero attached hydrogens (tertiary/aromatic N) is 4. The van der Waals surface area contributed by atoms with Crippen LogP contribution in [0.4, 0.5) is 0 Å². The molecular weight excluding hydrogens is 410 g/mol. The van der Waals surface area contributed by atoms with E-state index in [2.05, 4.69) is 32.4 Å². The average Bonchev–Trinajstić information content (AvgIpc) is 3.32. The Labute approximate surface area is 184 Å². The fraction of sp³-hybridized carbons (Fsp3) is 0.391. The lowest BCUT2D eigenvalue weighted by molar-refractivity contribution is 0.0598. The summed E-state index contributed by atoms with van der Waals surface area (Å²) in [6.45, 7) is 3.05. The number of piperidine rings is 1. The van der Waals surface area contributed by atoms with E-state index in [9.17, 15) is 9.59 Å². The summed E-state index contributed by atoms with van der Waals surface area (Å²) in [4.78, 5) is 43.5. The van der Waals surface area contributed by atoms with Gasteiger partial charge in [0.15, 0.2) is 0 Å². The van der Waals surface area contributed by atoms with Crippen LogP contribution in [0, 0.1) is 0 Å². The van der Waals surface area contributed by atoms with E-state index >= 15 is 0 Å². The van der Waals surface area contributed by atoms with Gasteiger partial charge in [-0.3, -0.25) is 19.5 Å². The molecule has 0 spiro atoms. The number of thiophene rings is 1. The first kappa shape index (κ1) is 20.1. The van der Waals surface area contributed by atoms with Crippen molar-refractivity contribution < 1.29 is 4.79 Å². The molecule has 3 aromatic rings. The molecule has 0 unspecified atom stereocenters. The van der Waals surface area contributed by atoms with Crippen LogP contribution >= 0.6 is 11.3 Å². The lowest BCUT2D eigenvalue weighted by Gasteiger charge is -2.36. The molecule has 8 heteroatoms. The number of rotatable bonds is 4. The molecule has 1 N–H and O–H groups in total. The zero-order valence-corrected chi connectivity index (χ0v) is 18.1. The predicted molar refractivity (Wildman–Crippen MR) is 119 cm³/mol. The quantitative estimate of drug-likeness (QED) is 0.681. The topological polar surface area (TPSA) is 82.2 Å². The Balaban J connectivity index is 1.42. The number of hydrogen-bond donors (Lipinski definition) is 1. The average molecular weight is 436 g/mol. The van der Waals surface area contributed by atoms with Crippen molar-refractivity contribution >= 4 is 17.2 Å². The van der Waals surface area contributed by atoms with Gasteiger partial charge in [-0.2, -0.15) is 0 Å². The number of fused-ring (bicyclic) bond motifs is 1. The number of hydrogen-bond acceptors (Lipinski definition) is 6. The van der Waals surface area contributed by atoms with E-state index in [-0.39, 0.29) is 17.5 Å². The Morgan fingerprint density at radius 1 is 1.19 bits per heavy atom. The first-order valence-corrected chi connectivity index (χ1v) is 11.6. The standard InChI is InChI=1S/C23H25N5O2S/c29-22-18-8-12-27(14-17-4-3-13-31-17)15-19(18)25-21(26-22)20-5-1-2-11-28(20)23(30)16-6-9-24-10-7-16/h3-4,6-7,9-10,13,20H,1-2,5,8,11-12,14-15H2,(H,25,26,29)/t20-/m1/s1. The van der Waals surface area contributed by atoms with Gasteiger partial charge in [-0.25, -0.2) is 4.98 Å². The summed E-state index contributed by atoms with van der Waals surface area (Å²) in [5.41, 5.74) is 2.19. The number of H-pyrrole nitrogens is 1. The molecule has 1 saturated heterocycles. The molecule has 5 heterocycles. The minimum Gasteiger partial charge on any atom is -0.328 e. The van der Waals surface area contributed by atoms with Crippen molar-refractivity contribution in [3.05, 3.63) is 79.9 Å². The summed E-state index contributed by atoms with van der Waals surface area (Å²) < 4.78 is 0. The second kappa shape index (κ2) is 8.72. The summed E-state index contributed by atoms with van der Waals surface area (Å²) in [6.07, 6.45) is 6.74. The van der Waals surface area contributed by atoms with E-state index < -0.39 is 0 Å². The fourth-order valence-corrected chi connectivity index (χ4v) is 5.29. The van der Waals surface area contributed by atoms with Crippen molar-refractivity contribution in [2.45, 2.75) is 44.8 Å². The fourth-order valence-electron chi connectivity index (χ4n) is 4.55. The maximum atomic E-state index is 13.2. The Morgan fingerprint density at radius 2 is 2.06 bits per heavy atom. The first-order valence-electron chi connectivity index (χ1n) is 10.8. The number of amides is 1. The second-order valence-electron chi connectivity index (χ2n) is 8.16. The van der Waals surface area contributed by atoms with Crippen LogP contribution in [0.3, 0.4) is 0 Å². The minimum atomic E-state index is -0.208. The van der Waals surface area contributed by atoms with Crippen molar-refractivity contribution in [1.82, 2.24) is 24.8 Å². The molecule has 0 bridgehead atoms. The highest BCUT2D eigenvalue weighted by atomic mass is 32.1. The van der Waals surface area contributed by atoms with E-state index in [1.165, 1.54) is 4.88 Å². The van der Waals surface area contributed by atoms with E-state index in [0.717, 1.165) is 43.6 Å². The van der Waals surface area contributed by atoms with Crippen LogP contribution in [-0.2, 0) is 19.5 Å². The van der Waals surface area contributed by atoms with Crippen molar-refractivity contribution in [2.24, 2.45) is 0 Å². The number of likely N-dealkylation sites (tertiary alicyclic amines) is 1. The predicted octanol–water partition coefficient (Wildman–Crippen LogP) is 3.15. The molecule has 1 fully saturated rings. The number of aromatic amines is 1. The molecule has 0 aliphatic carbocycles. The summed E-state index contributed by atoms with van der Waals surface area (Å²) in [5, 5.41) is 2.09. The molecule has 0 aromatic carbocycles. The molecule has 1 atom stereocenters. The largest absolute Gasteiger partial charge is 0.328 e. The molecule has 2 aliphatic rings. The zero-order chi connectivity index (χ0) is 21.2. The molecule has 3 aromatic heterocycles. The number of nitrogens with one attached hydrogen (secondary N) is 1. The molecule has 7 nitrogen and oxygen atoms in total. The molecule has 0 radical (unpaired) electrons. The highest BCUT2D eigenvalue weighted by Crippen LogP contribution is 2.30. The Kier molecular flexibility index (Phi) is 5.65. The molecule has 2 aliphatic heterocycles. The molecule has 0 saturated carbocycles. The molecule has 1 amide bonds. The van der Waals surface area contributed by atoms with Crippen molar-refractivity contribution in [3.63, 3.8) is 0 Å². The van der Waals surface area contributed by atoms with Crippen molar-refractivity contribution in [3.8, 4) is 0 Å². The van der Waals surface area contributed by atoms with Crippen LogP contribution in [0.5, 0.6) is 0 Å².